The summed E-state index contributed by atoms with van der Waals surface area (Å²) in [5, 5.41) is 3.09. The molecule has 0 rings (SSSR count). The molecule has 0 bridgehead atoms. The first-order valence-electron chi connectivity index (χ1n) is 3.86. The summed E-state index contributed by atoms with van der Waals surface area (Å²) in [7, 11) is 1.92. The molecule has 0 saturated heterocycles. The van der Waals surface area contributed by atoms with Crippen molar-refractivity contribution in [2.75, 3.05) is 7.05 Å². The van der Waals surface area contributed by atoms with Crippen molar-refractivity contribution in [3.8, 4) is 0 Å². The van der Waals surface area contributed by atoms with E-state index in [0.29, 0.717) is 0 Å². The summed E-state index contributed by atoms with van der Waals surface area (Å²) in [6, 6.07) is 0. The van der Waals surface area contributed by atoms with Gasteiger partial charge in [0.25, 0.3) is 0 Å². The van der Waals surface area contributed by atoms with Crippen molar-refractivity contribution in [1.29, 1.82) is 0 Å². The molecule has 0 atom stereocenters. The van der Waals surface area contributed by atoms with Crippen molar-refractivity contribution in [2.24, 2.45) is 0 Å². The standard InChI is InChI=1S/C10H17N/c1-5-6-10(11-4)8-7-9(2)3/h5-8,11H,1-4H3/b6-5-,10-8+. The molecule has 0 aliphatic heterocycles. The van der Waals surface area contributed by atoms with E-state index in [1.807, 2.05) is 26.1 Å². The van der Waals surface area contributed by atoms with Gasteiger partial charge in [0, 0.05) is 12.7 Å². The minimum absolute atomic E-state index is 1.13. The highest BCUT2D eigenvalue weighted by Gasteiger charge is 1.81. The first-order chi connectivity index (χ1) is 5.20. The zero-order valence-corrected chi connectivity index (χ0v) is 7.81. The van der Waals surface area contributed by atoms with Crippen molar-refractivity contribution in [1.82, 2.24) is 5.32 Å². The highest BCUT2D eigenvalue weighted by atomic mass is 14.8. The van der Waals surface area contributed by atoms with E-state index in [1.165, 1.54) is 5.57 Å². The molecule has 0 aromatic carbocycles. The Hall–Kier alpha value is -0.980. The van der Waals surface area contributed by atoms with Crippen LogP contribution in [0.1, 0.15) is 20.8 Å². The van der Waals surface area contributed by atoms with Gasteiger partial charge in [0.1, 0.15) is 0 Å². The van der Waals surface area contributed by atoms with Gasteiger partial charge < -0.3 is 5.32 Å². The van der Waals surface area contributed by atoms with Crippen LogP contribution in [0, 0.1) is 0 Å². The van der Waals surface area contributed by atoms with Crippen molar-refractivity contribution >= 4 is 0 Å². The molecular weight excluding hydrogens is 134 g/mol. The zero-order chi connectivity index (χ0) is 8.69. The molecular formula is C10H17N. The fourth-order valence-electron chi connectivity index (χ4n) is 0.658. The van der Waals surface area contributed by atoms with E-state index in [-0.39, 0.29) is 0 Å². The monoisotopic (exact) mass is 151 g/mol. The van der Waals surface area contributed by atoms with Crippen molar-refractivity contribution in [3.63, 3.8) is 0 Å². The molecule has 0 aromatic rings. The molecule has 1 nitrogen and oxygen atoms in total. The largest absolute Gasteiger partial charge is 0.388 e. The van der Waals surface area contributed by atoms with Crippen molar-refractivity contribution < 1.29 is 0 Å². The zero-order valence-electron chi connectivity index (χ0n) is 7.81. The van der Waals surface area contributed by atoms with Crippen LogP contribution in [-0.4, -0.2) is 7.05 Å². The van der Waals surface area contributed by atoms with E-state index in [0.717, 1.165) is 5.70 Å². The van der Waals surface area contributed by atoms with E-state index in [1.54, 1.807) is 0 Å². The minimum Gasteiger partial charge on any atom is -0.388 e. The summed E-state index contributed by atoms with van der Waals surface area (Å²) in [5.74, 6) is 0. The van der Waals surface area contributed by atoms with Gasteiger partial charge in [-0.05, 0) is 32.9 Å². The lowest BCUT2D eigenvalue weighted by Gasteiger charge is -1.97. The third-order valence-corrected chi connectivity index (χ3v) is 1.23. The lowest BCUT2D eigenvalue weighted by atomic mass is 10.3. The van der Waals surface area contributed by atoms with Crippen LogP contribution < -0.4 is 5.32 Å². The number of allylic oxidation sites excluding steroid dienone is 5. The van der Waals surface area contributed by atoms with Gasteiger partial charge in [0.15, 0.2) is 0 Å². The van der Waals surface area contributed by atoms with E-state index in [4.69, 9.17) is 0 Å². The predicted octanol–water partition coefficient (Wildman–Crippen LogP) is 2.63. The molecule has 0 spiro atoms. The number of hydrogen-bond acceptors (Lipinski definition) is 1. The van der Waals surface area contributed by atoms with E-state index < -0.39 is 0 Å². The molecule has 0 aliphatic rings. The second-order valence-electron chi connectivity index (χ2n) is 2.62. The van der Waals surface area contributed by atoms with E-state index in [2.05, 4.69) is 31.3 Å². The molecule has 1 N–H and O–H groups in total. The molecule has 0 saturated carbocycles. The van der Waals surface area contributed by atoms with Crippen LogP contribution in [0.3, 0.4) is 0 Å². The Morgan fingerprint density at radius 2 is 1.82 bits per heavy atom. The third kappa shape index (κ3) is 5.46. The van der Waals surface area contributed by atoms with E-state index in [9.17, 15) is 0 Å². The Labute approximate surface area is 69.5 Å². The van der Waals surface area contributed by atoms with Gasteiger partial charge in [-0.1, -0.05) is 17.7 Å². The van der Waals surface area contributed by atoms with Crippen LogP contribution in [0.4, 0.5) is 0 Å². The SMILES string of the molecule is C/C=C\C(=C/C=C(C)C)NC. The maximum Gasteiger partial charge on any atom is 0.0334 e. The van der Waals surface area contributed by atoms with E-state index >= 15 is 0 Å². The number of rotatable bonds is 3. The number of hydrogen-bond donors (Lipinski definition) is 1. The van der Waals surface area contributed by atoms with Gasteiger partial charge in [-0.3, -0.25) is 0 Å². The molecule has 0 radical (unpaired) electrons. The van der Waals surface area contributed by atoms with Crippen LogP contribution in [0.5, 0.6) is 0 Å². The summed E-state index contributed by atoms with van der Waals surface area (Å²) in [4.78, 5) is 0. The first kappa shape index (κ1) is 10.0. The van der Waals surface area contributed by atoms with Crippen LogP contribution in [0.25, 0.3) is 0 Å². The molecule has 0 heterocycles. The lowest BCUT2D eigenvalue weighted by molar-refractivity contribution is 1.03. The van der Waals surface area contributed by atoms with Crippen molar-refractivity contribution in [3.05, 3.63) is 35.6 Å². The average molecular weight is 151 g/mol. The smallest absolute Gasteiger partial charge is 0.0334 e. The normalized spacial score (nSPS) is 11.8. The minimum atomic E-state index is 1.13. The molecule has 62 valence electrons. The second-order valence-corrected chi connectivity index (χ2v) is 2.62. The molecule has 0 unspecified atom stereocenters. The van der Waals surface area contributed by atoms with Crippen LogP contribution >= 0.6 is 0 Å². The van der Waals surface area contributed by atoms with Gasteiger partial charge >= 0.3 is 0 Å². The Kier molecular flexibility index (Phi) is 5.26. The van der Waals surface area contributed by atoms with Gasteiger partial charge in [-0.15, -0.1) is 0 Å². The highest BCUT2D eigenvalue weighted by Crippen LogP contribution is 1.95. The summed E-state index contributed by atoms with van der Waals surface area (Å²) in [6.07, 6.45) is 8.21. The Bertz CT molecular complexity index is 181. The maximum atomic E-state index is 3.09. The third-order valence-electron chi connectivity index (χ3n) is 1.23. The van der Waals surface area contributed by atoms with Gasteiger partial charge in [0.2, 0.25) is 0 Å². The summed E-state index contributed by atoms with van der Waals surface area (Å²) in [5.41, 5.74) is 2.44. The summed E-state index contributed by atoms with van der Waals surface area (Å²) < 4.78 is 0. The number of likely N-dealkylation sites (N-methyl/N-ethyl adjacent to an activating group) is 1. The second kappa shape index (κ2) is 5.78. The molecule has 0 aromatic heterocycles. The summed E-state index contributed by atoms with van der Waals surface area (Å²) in [6.45, 7) is 6.17. The fourth-order valence-corrected chi connectivity index (χ4v) is 0.658. The molecule has 11 heavy (non-hydrogen) atoms. The van der Waals surface area contributed by atoms with Crippen LogP contribution in [0.15, 0.2) is 35.6 Å². The fraction of sp³-hybridized carbons (Fsp3) is 0.400. The Morgan fingerprint density at radius 3 is 2.18 bits per heavy atom. The number of nitrogens with one attached hydrogen (secondary N) is 1. The maximum absolute atomic E-state index is 3.09. The van der Waals surface area contributed by atoms with Crippen molar-refractivity contribution in [2.45, 2.75) is 20.8 Å². The quantitative estimate of drug-likeness (QED) is 0.611. The molecule has 0 aliphatic carbocycles. The van der Waals surface area contributed by atoms with Gasteiger partial charge in [0.05, 0.1) is 0 Å². The summed E-state index contributed by atoms with van der Waals surface area (Å²) >= 11 is 0. The molecule has 1 heteroatoms. The van der Waals surface area contributed by atoms with Crippen LogP contribution in [-0.2, 0) is 0 Å². The topological polar surface area (TPSA) is 12.0 Å². The lowest BCUT2D eigenvalue weighted by Crippen LogP contribution is -2.01. The van der Waals surface area contributed by atoms with Crippen LogP contribution in [0.2, 0.25) is 0 Å². The average Bonchev–Trinajstić information content (AvgIpc) is 1.97. The predicted molar refractivity (Wildman–Crippen MR) is 51.4 cm³/mol. The Morgan fingerprint density at radius 1 is 1.18 bits per heavy atom. The van der Waals surface area contributed by atoms with Gasteiger partial charge in [-0.25, -0.2) is 0 Å². The molecule has 0 amide bonds. The van der Waals surface area contributed by atoms with Gasteiger partial charge in [-0.2, -0.15) is 0 Å². The first-order valence-corrected chi connectivity index (χ1v) is 3.86. The Balaban J connectivity index is 4.24. The molecule has 0 fully saturated rings. The highest BCUT2D eigenvalue weighted by molar-refractivity contribution is 5.22.